The SMILES string of the molecule is CCCOCC1(O)CCN(C)CC1. The standard InChI is InChI=1S/C10H21NO2/c1-3-8-13-9-10(12)4-6-11(2)7-5-10/h12H,3-9H2,1-2H3. The average molecular weight is 187 g/mol. The molecule has 0 unspecified atom stereocenters. The van der Waals surface area contributed by atoms with Crippen molar-refractivity contribution >= 4 is 0 Å². The molecule has 1 aliphatic heterocycles. The van der Waals surface area contributed by atoms with E-state index in [2.05, 4.69) is 18.9 Å². The topological polar surface area (TPSA) is 32.7 Å². The van der Waals surface area contributed by atoms with Crippen LogP contribution in [0.1, 0.15) is 26.2 Å². The maximum Gasteiger partial charge on any atom is 0.0904 e. The van der Waals surface area contributed by atoms with Gasteiger partial charge in [-0.2, -0.15) is 0 Å². The van der Waals surface area contributed by atoms with Gasteiger partial charge in [-0.1, -0.05) is 6.92 Å². The van der Waals surface area contributed by atoms with E-state index in [1.165, 1.54) is 0 Å². The van der Waals surface area contributed by atoms with Crippen molar-refractivity contribution in [1.82, 2.24) is 4.90 Å². The lowest BCUT2D eigenvalue weighted by Crippen LogP contribution is -2.45. The van der Waals surface area contributed by atoms with Crippen LogP contribution >= 0.6 is 0 Å². The summed E-state index contributed by atoms with van der Waals surface area (Å²) in [6.45, 7) is 5.31. The zero-order valence-electron chi connectivity index (χ0n) is 8.75. The second kappa shape index (κ2) is 4.94. The van der Waals surface area contributed by atoms with Crippen LogP contribution in [-0.4, -0.2) is 49.0 Å². The highest BCUT2D eigenvalue weighted by Gasteiger charge is 2.31. The third kappa shape index (κ3) is 3.63. The second-order valence-electron chi connectivity index (χ2n) is 4.08. The molecule has 1 N–H and O–H groups in total. The van der Waals surface area contributed by atoms with Gasteiger partial charge >= 0.3 is 0 Å². The fourth-order valence-electron chi connectivity index (χ4n) is 1.59. The Balaban J connectivity index is 2.22. The van der Waals surface area contributed by atoms with Crippen molar-refractivity contribution in [2.75, 3.05) is 33.4 Å². The van der Waals surface area contributed by atoms with Gasteiger partial charge in [0.05, 0.1) is 12.2 Å². The third-order valence-electron chi connectivity index (χ3n) is 2.64. The summed E-state index contributed by atoms with van der Waals surface area (Å²) in [7, 11) is 2.09. The fraction of sp³-hybridized carbons (Fsp3) is 1.00. The van der Waals surface area contributed by atoms with E-state index < -0.39 is 5.60 Å². The van der Waals surface area contributed by atoms with E-state index in [0.717, 1.165) is 39.0 Å². The van der Waals surface area contributed by atoms with E-state index in [1.807, 2.05) is 0 Å². The molecule has 0 aromatic rings. The smallest absolute Gasteiger partial charge is 0.0904 e. The molecule has 0 aromatic carbocycles. The molecule has 0 aromatic heterocycles. The lowest BCUT2D eigenvalue weighted by atomic mass is 9.93. The van der Waals surface area contributed by atoms with Crippen molar-refractivity contribution in [2.24, 2.45) is 0 Å². The zero-order chi connectivity index (χ0) is 9.73. The summed E-state index contributed by atoms with van der Waals surface area (Å²) < 4.78 is 5.39. The number of hydrogen-bond donors (Lipinski definition) is 1. The van der Waals surface area contributed by atoms with E-state index in [0.29, 0.717) is 6.61 Å². The molecule has 1 heterocycles. The van der Waals surface area contributed by atoms with Gasteiger partial charge in [-0.15, -0.1) is 0 Å². The maximum absolute atomic E-state index is 10.1. The van der Waals surface area contributed by atoms with E-state index in [4.69, 9.17) is 4.74 Å². The summed E-state index contributed by atoms with van der Waals surface area (Å²) >= 11 is 0. The first-order valence-corrected chi connectivity index (χ1v) is 5.15. The van der Waals surface area contributed by atoms with Gasteiger partial charge in [-0.25, -0.2) is 0 Å². The Hall–Kier alpha value is -0.120. The van der Waals surface area contributed by atoms with E-state index in [-0.39, 0.29) is 0 Å². The Bertz CT molecular complexity index is 142. The van der Waals surface area contributed by atoms with Gasteiger partial charge in [-0.05, 0) is 26.3 Å². The van der Waals surface area contributed by atoms with Gasteiger partial charge in [0.25, 0.3) is 0 Å². The Morgan fingerprint density at radius 1 is 1.38 bits per heavy atom. The van der Waals surface area contributed by atoms with Crippen LogP contribution in [0.15, 0.2) is 0 Å². The van der Waals surface area contributed by atoms with Crippen LogP contribution in [0.5, 0.6) is 0 Å². The number of hydrogen-bond acceptors (Lipinski definition) is 3. The van der Waals surface area contributed by atoms with Crippen molar-refractivity contribution < 1.29 is 9.84 Å². The number of aliphatic hydroxyl groups is 1. The number of ether oxygens (including phenoxy) is 1. The largest absolute Gasteiger partial charge is 0.387 e. The molecular weight excluding hydrogens is 166 g/mol. The third-order valence-corrected chi connectivity index (χ3v) is 2.64. The Morgan fingerprint density at radius 2 is 2.00 bits per heavy atom. The van der Waals surface area contributed by atoms with Crippen LogP contribution in [0.3, 0.4) is 0 Å². The van der Waals surface area contributed by atoms with E-state index in [1.54, 1.807) is 0 Å². The lowest BCUT2D eigenvalue weighted by Gasteiger charge is -2.36. The number of nitrogens with zero attached hydrogens (tertiary/aromatic N) is 1. The predicted octanol–water partition coefficient (Wildman–Crippen LogP) is 0.870. The minimum Gasteiger partial charge on any atom is -0.387 e. The van der Waals surface area contributed by atoms with Crippen LogP contribution < -0.4 is 0 Å². The summed E-state index contributed by atoms with van der Waals surface area (Å²) in [6.07, 6.45) is 2.70. The highest BCUT2D eigenvalue weighted by Crippen LogP contribution is 2.21. The average Bonchev–Trinajstić information content (AvgIpc) is 2.12. The molecule has 78 valence electrons. The Kier molecular flexibility index (Phi) is 4.16. The monoisotopic (exact) mass is 187 g/mol. The van der Waals surface area contributed by atoms with Crippen molar-refractivity contribution in [3.8, 4) is 0 Å². The minimum absolute atomic E-state index is 0.509. The van der Waals surface area contributed by atoms with Crippen LogP contribution in [0.2, 0.25) is 0 Å². The highest BCUT2D eigenvalue weighted by molar-refractivity contribution is 4.84. The van der Waals surface area contributed by atoms with Gasteiger partial charge in [0.2, 0.25) is 0 Å². The van der Waals surface area contributed by atoms with Gasteiger partial charge in [0.15, 0.2) is 0 Å². The van der Waals surface area contributed by atoms with Gasteiger partial charge in [-0.3, -0.25) is 0 Å². The predicted molar refractivity (Wildman–Crippen MR) is 52.8 cm³/mol. The Labute approximate surface area is 80.7 Å². The van der Waals surface area contributed by atoms with Gasteiger partial charge in [0.1, 0.15) is 0 Å². The molecule has 0 spiro atoms. The number of likely N-dealkylation sites (tertiary alicyclic amines) is 1. The van der Waals surface area contributed by atoms with Gasteiger partial charge < -0.3 is 14.7 Å². The van der Waals surface area contributed by atoms with Crippen LogP contribution in [0.25, 0.3) is 0 Å². The van der Waals surface area contributed by atoms with Crippen molar-refractivity contribution in [2.45, 2.75) is 31.8 Å². The molecule has 0 atom stereocenters. The van der Waals surface area contributed by atoms with Crippen molar-refractivity contribution in [3.05, 3.63) is 0 Å². The Morgan fingerprint density at radius 3 is 2.54 bits per heavy atom. The second-order valence-corrected chi connectivity index (χ2v) is 4.08. The molecule has 3 heteroatoms. The first-order valence-electron chi connectivity index (χ1n) is 5.15. The first-order chi connectivity index (χ1) is 6.16. The van der Waals surface area contributed by atoms with Crippen LogP contribution in [0, 0.1) is 0 Å². The molecule has 1 fully saturated rings. The molecule has 0 radical (unpaired) electrons. The molecule has 0 amide bonds. The summed E-state index contributed by atoms with van der Waals surface area (Å²) in [6, 6.07) is 0. The molecular formula is C10H21NO2. The van der Waals surface area contributed by atoms with Crippen molar-refractivity contribution in [1.29, 1.82) is 0 Å². The first kappa shape index (κ1) is 11.0. The molecule has 1 saturated heterocycles. The maximum atomic E-state index is 10.1. The summed E-state index contributed by atoms with van der Waals surface area (Å²) in [4.78, 5) is 2.24. The molecule has 0 saturated carbocycles. The summed E-state index contributed by atoms with van der Waals surface area (Å²) in [5.41, 5.74) is -0.554. The summed E-state index contributed by atoms with van der Waals surface area (Å²) in [5.74, 6) is 0. The normalized spacial score (nSPS) is 23.3. The number of piperidine rings is 1. The quantitative estimate of drug-likeness (QED) is 0.663. The van der Waals surface area contributed by atoms with Gasteiger partial charge in [0, 0.05) is 19.7 Å². The number of rotatable bonds is 4. The summed E-state index contributed by atoms with van der Waals surface area (Å²) in [5, 5.41) is 10.1. The zero-order valence-corrected chi connectivity index (χ0v) is 8.75. The van der Waals surface area contributed by atoms with E-state index in [9.17, 15) is 5.11 Å². The van der Waals surface area contributed by atoms with E-state index >= 15 is 0 Å². The minimum atomic E-state index is -0.554. The molecule has 1 aliphatic rings. The lowest BCUT2D eigenvalue weighted by molar-refractivity contribution is -0.0784. The fourth-order valence-corrected chi connectivity index (χ4v) is 1.59. The van der Waals surface area contributed by atoms with Crippen LogP contribution in [0.4, 0.5) is 0 Å². The molecule has 13 heavy (non-hydrogen) atoms. The van der Waals surface area contributed by atoms with Crippen molar-refractivity contribution in [3.63, 3.8) is 0 Å². The highest BCUT2D eigenvalue weighted by atomic mass is 16.5. The molecule has 0 bridgehead atoms. The molecule has 3 nitrogen and oxygen atoms in total. The molecule has 0 aliphatic carbocycles. The molecule has 1 rings (SSSR count). The van der Waals surface area contributed by atoms with Crippen LogP contribution in [-0.2, 0) is 4.74 Å².